The van der Waals surface area contributed by atoms with Crippen LogP contribution >= 0.6 is 11.6 Å². The number of aliphatic hydroxyl groups excluding tert-OH is 1. The largest absolute Gasteiger partial charge is 0.385 e. The van der Waals surface area contributed by atoms with E-state index >= 15 is 0 Å². The lowest BCUT2D eigenvalue weighted by Crippen LogP contribution is -2.29. The maximum atomic E-state index is 12.3. The van der Waals surface area contributed by atoms with Crippen LogP contribution in [0.4, 0.5) is 8.78 Å². The molecule has 1 rings (SSSR count). The Hall–Kier alpha value is -0.750. The Balaban J connectivity index is 2.60. The maximum absolute atomic E-state index is 12.3. The molecule has 0 fully saturated rings. The molecule has 1 aromatic rings. The van der Waals surface area contributed by atoms with Crippen molar-refractivity contribution in [2.75, 3.05) is 0 Å². The first kappa shape index (κ1) is 10.3. The standard InChI is InChI=1S/C6H8ClF2N3O/c1-12-3-4(10-11-12)2-5(13)6(7,8)9/h3,5,13H,2H2,1H3. The average Bonchev–Trinajstić information content (AvgIpc) is 2.33. The minimum absolute atomic E-state index is 0.273. The molecule has 7 heteroatoms. The zero-order valence-electron chi connectivity index (χ0n) is 6.78. The molecule has 13 heavy (non-hydrogen) atoms. The van der Waals surface area contributed by atoms with Crippen LogP contribution in [-0.4, -0.2) is 31.6 Å². The second kappa shape index (κ2) is 3.55. The van der Waals surface area contributed by atoms with E-state index in [0.717, 1.165) is 0 Å². The van der Waals surface area contributed by atoms with Crippen molar-refractivity contribution in [1.29, 1.82) is 0 Å². The van der Waals surface area contributed by atoms with Gasteiger partial charge in [-0.25, -0.2) is 0 Å². The van der Waals surface area contributed by atoms with Crippen LogP contribution in [0.3, 0.4) is 0 Å². The zero-order chi connectivity index (χ0) is 10.1. The van der Waals surface area contributed by atoms with Crippen LogP contribution in [-0.2, 0) is 13.5 Å². The van der Waals surface area contributed by atoms with E-state index in [1.165, 1.54) is 10.9 Å². The quantitative estimate of drug-likeness (QED) is 0.743. The van der Waals surface area contributed by atoms with Crippen molar-refractivity contribution in [3.8, 4) is 0 Å². The second-order valence-electron chi connectivity index (χ2n) is 2.65. The fourth-order valence-corrected chi connectivity index (χ4v) is 0.880. The Morgan fingerprint density at radius 1 is 1.77 bits per heavy atom. The van der Waals surface area contributed by atoms with Crippen LogP contribution < -0.4 is 0 Å². The van der Waals surface area contributed by atoms with Crippen LogP contribution in [0, 0.1) is 0 Å². The van der Waals surface area contributed by atoms with E-state index in [4.69, 9.17) is 5.11 Å². The van der Waals surface area contributed by atoms with Crippen molar-refractivity contribution in [1.82, 2.24) is 15.0 Å². The van der Waals surface area contributed by atoms with Gasteiger partial charge in [0.1, 0.15) is 6.10 Å². The molecule has 74 valence electrons. The molecule has 1 N–H and O–H groups in total. The lowest BCUT2D eigenvalue weighted by molar-refractivity contribution is -0.0402. The van der Waals surface area contributed by atoms with Crippen LogP contribution in [0.15, 0.2) is 6.20 Å². The van der Waals surface area contributed by atoms with Crippen molar-refractivity contribution in [3.63, 3.8) is 0 Å². The average molecular weight is 212 g/mol. The summed E-state index contributed by atoms with van der Waals surface area (Å²) >= 11 is 4.60. The number of aliphatic hydroxyl groups is 1. The third-order valence-electron chi connectivity index (χ3n) is 1.43. The molecule has 1 aromatic heterocycles. The van der Waals surface area contributed by atoms with Crippen molar-refractivity contribution < 1.29 is 13.9 Å². The predicted octanol–water partition coefficient (Wildman–Crippen LogP) is 0.550. The number of rotatable bonds is 3. The first-order chi connectivity index (χ1) is 5.89. The van der Waals surface area contributed by atoms with Gasteiger partial charge in [-0.05, 0) is 11.6 Å². The topological polar surface area (TPSA) is 50.9 Å². The van der Waals surface area contributed by atoms with Gasteiger partial charge in [-0.3, -0.25) is 4.68 Å². The second-order valence-corrected chi connectivity index (χ2v) is 3.15. The van der Waals surface area contributed by atoms with Gasteiger partial charge in [0.15, 0.2) is 0 Å². The van der Waals surface area contributed by atoms with Gasteiger partial charge in [-0.1, -0.05) is 5.21 Å². The van der Waals surface area contributed by atoms with Gasteiger partial charge in [0.2, 0.25) is 0 Å². The van der Waals surface area contributed by atoms with E-state index in [1.54, 1.807) is 7.05 Å². The van der Waals surface area contributed by atoms with Crippen LogP contribution in [0.5, 0.6) is 0 Å². The lowest BCUT2D eigenvalue weighted by Gasteiger charge is -2.13. The summed E-state index contributed by atoms with van der Waals surface area (Å²) in [5, 5.41) is 12.3. The summed E-state index contributed by atoms with van der Waals surface area (Å²) < 4.78 is 25.9. The van der Waals surface area contributed by atoms with Gasteiger partial charge in [-0.2, -0.15) is 8.78 Å². The third-order valence-corrected chi connectivity index (χ3v) is 1.68. The van der Waals surface area contributed by atoms with Gasteiger partial charge in [0.05, 0.1) is 5.69 Å². The van der Waals surface area contributed by atoms with Crippen LogP contribution in [0.2, 0.25) is 0 Å². The van der Waals surface area contributed by atoms with Crippen molar-refractivity contribution in [3.05, 3.63) is 11.9 Å². The Morgan fingerprint density at radius 3 is 2.77 bits per heavy atom. The number of halogens is 3. The smallest absolute Gasteiger partial charge is 0.347 e. The molecule has 0 aliphatic carbocycles. The molecular formula is C6H8ClF2N3O. The molecule has 0 spiro atoms. The summed E-state index contributed by atoms with van der Waals surface area (Å²) in [6.07, 6.45) is -0.818. The molecule has 0 amide bonds. The highest BCUT2D eigenvalue weighted by molar-refractivity contribution is 6.22. The Morgan fingerprint density at radius 2 is 2.38 bits per heavy atom. The molecule has 0 aliphatic rings. The molecule has 1 heterocycles. The first-order valence-electron chi connectivity index (χ1n) is 3.49. The highest BCUT2D eigenvalue weighted by atomic mass is 35.5. The number of hydrogen-bond donors (Lipinski definition) is 1. The van der Waals surface area contributed by atoms with Gasteiger partial charge >= 0.3 is 5.38 Å². The SMILES string of the molecule is Cn1cc(CC(O)C(F)(F)Cl)nn1. The maximum Gasteiger partial charge on any atom is 0.347 e. The van der Waals surface area contributed by atoms with E-state index < -0.39 is 11.5 Å². The minimum atomic E-state index is -3.63. The van der Waals surface area contributed by atoms with Crippen molar-refractivity contribution >= 4 is 11.6 Å². The molecule has 1 unspecified atom stereocenters. The number of aromatic nitrogens is 3. The third kappa shape index (κ3) is 2.89. The summed E-state index contributed by atoms with van der Waals surface area (Å²) in [6, 6.07) is 0. The highest BCUT2D eigenvalue weighted by Gasteiger charge is 2.36. The normalized spacial score (nSPS) is 14.5. The number of alkyl halides is 3. The number of aryl methyl sites for hydroxylation is 1. The number of nitrogens with zero attached hydrogens (tertiary/aromatic N) is 3. The monoisotopic (exact) mass is 211 g/mol. The summed E-state index contributed by atoms with van der Waals surface area (Å²) in [7, 11) is 1.60. The molecule has 0 saturated heterocycles. The molecular weight excluding hydrogens is 204 g/mol. The Kier molecular flexibility index (Phi) is 2.82. The fraction of sp³-hybridized carbons (Fsp3) is 0.667. The van der Waals surface area contributed by atoms with Crippen LogP contribution in [0.25, 0.3) is 0 Å². The van der Waals surface area contributed by atoms with E-state index in [9.17, 15) is 8.78 Å². The summed E-state index contributed by atoms with van der Waals surface area (Å²) in [6.45, 7) is 0. The Bertz CT molecular complexity index is 286. The summed E-state index contributed by atoms with van der Waals surface area (Å²) in [5.74, 6) is 0. The van der Waals surface area contributed by atoms with Crippen molar-refractivity contribution in [2.24, 2.45) is 7.05 Å². The van der Waals surface area contributed by atoms with Gasteiger partial charge in [0, 0.05) is 19.7 Å². The number of hydrogen-bond acceptors (Lipinski definition) is 3. The van der Waals surface area contributed by atoms with E-state index in [2.05, 4.69) is 21.9 Å². The van der Waals surface area contributed by atoms with Crippen molar-refractivity contribution in [2.45, 2.75) is 17.9 Å². The summed E-state index contributed by atoms with van der Waals surface area (Å²) in [5.41, 5.74) is 0.273. The van der Waals surface area contributed by atoms with E-state index in [1.807, 2.05) is 0 Å². The van der Waals surface area contributed by atoms with Gasteiger partial charge < -0.3 is 5.11 Å². The fourth-order valence-electron chi connectivity index (χ4n) is 0.803. The van der Waals surface area contributed by atoms with E-state index in [-0.39, 0.29) is 12.1 Å². The van der Waals surface area contributed by atoms with Gasteiger partial charge in [0.25, 0.3) is 0 Å². The molecule has 0 bridgehead atoms. The van der Waals surface area contributed by atoms with Gasteiger partial charge in [-0.15, -0.1) is 5.10 Å². The molecule has 1 atom stereocenters. The molecule has 0 saturated carbocycles. The summed E-state index contributed by atoms with van der Waals surface area (Å²) in [4.78, 5) is 0. The molecule has 0 aromatic carbocycles. The first-order valence-corrected chi connectivity index (χ1v) is 3.87. The molecule has 0 aliphatic heterocycles. The van der Waals surface area contributed by atoms with Crippen LogP contribution in [0.1, 0.15) is 5.69 Å². The van der Waals surface area contributed by atoms with E-state index in [0.29, 0.717) is 0 Å². The Labute approximate surface area is 78.1 Å². The highest BCUT2D eigenvalue weighted by Crippen LogP contribution is 2.25. The minimum Gasteiger partial charge on any atom is -0.385 e. The molecule has 0 radical (unpaired) electrons. The molecule has 4 nitrogen and oxygen atoms in total. The zero-order valence-corrected chi connectivity index (χ0v) is 7.54. The predicted molar refractivity (Wildman–Crippen MR) is 41.5 cm³/mol. The lowest BCUT2D eigenvalue weighted by atomic mass is 10.2.